The van der Waals surface area contributed by atoms with Crippen LogP contribution in [0.4, 0.5) is 0 Å². The van der Waals surface area contributed by atoms with Crippen LogP contribution in [-0.4, -0.2) is 70.2 Å². The van der Waals surface area contributed by atoms with Crippen molar-refractivity contribution >= 4 is 17.7 Å². The van der Waals surface area contributed by atoms with Crippen molar-refractivity contribution in [2.24, 2.45) is 0 Å². The molecule has 3 heterocycles. The van der Waals surface area contributed by atoms with E-state index in [1.165, 1.54) is 0 Å². The van der Waals surface area contributed by atoms with E-state index in [4.69, 9.17) is 0 Å². The highest BCUT2D eigenvalue weighted by Crippen LogP contribution is 2.48. The van der Waals surface area contributed by atoms with Gasteiger partial charge in [0, 0.05) is 43.3 Å². The fraction of sp³-hybridized carbons (Fsp3) is 0.464. The first-order chi connectivity index (χ1) is 16.2. The molecule has 2 fully saturated rings. The molecule has 6 nitrogen and oxygen atoms in total. The average Bonchev–Trinajstić information content (AvgIpc) is 3.30. The number of aryl methyl sites for hydroxylation is 2. The minimum atomic E-state index is -0.728. The van der Waals surface area contributed by atoms with Gasteiger partial charge in [-0.1, -0.05) is 35.4 Å². The predicted octanol–water partition coefficient (Wildman–Crippen LogP) is 3.77. The summed E-state index contributed by atoms with van der Waals surface area (Å²) < 4.78 is 0. The second-order valence-electron chi connectivity index (χ2n) is 10.5. The summed E-state index contributed by atoms with van der Waals surface area (Å²) >= 11 is 0. The van der Waals surface area contributed by atoms with Gasteiger partial charge in [-0.3, -0.25) is 14.4 Å². The molecule has 0 bridgehead atoms. The molecule has 0 aliphatic carbocycles. The van der Waals surface area contributed by atoms with Gasteiger partial charge >= 0.3 is 0 Å². The van der Waals surface area contributed by atoms with E-state index in [9.17, 15) is 14.4 Å². The molecule has 178 valence electrons. The second-order valence-corrected chi connectivity index (χ2v) is 10.5. The minimum absolute atomic E-state index is 0.0418. The monoisotopic (exact) mass is 459 g/mol. The summed E-state index contributed by atoms with van der Waals surface area (Å²) in [5.41, 5.74) is 3.44. The predicted molar refractivity (Wildman–Crippen MR) is 131 cm³/mol. The zero-order valence-corrected chi connectivity index (χ0v) is 20.5. The number of amides is 3. The molecule has 1 atom stereocenters. The summed E-state index contributed by atoms with van der Waals surface area (Å²) in [5, 5.41) is 0. The van der Waals surface area contributed by atoms with E-state index in [0.29, 0.717) is 24.2 Å². The highest BCUT2D eigenvalue weighted by atomic mass is 16.2. The molecule has 34 heavy (non-hydrogen) atoms. The van der Waals surface area contributed by atoms with Crippen LogP contribution in [0.15, 0.2) is 42.5 Å². The molecule has 1 unspecified atom stereocenters. The van der Waals surface area contributed by atoms with Crippen LogP contribution >= 0.6 is 0 Å². The standard InChI is InChI=1S/C28H33N3O3/c1-18(2)31-26(33)23-10-6-5-9-22(23)24(27(34)29-11-7-8-12-29)28(31)16-30(17-28)25(32)21-14-19(3)13-20(4)15-21/h5-6,9-10,13-15,18,24H,7-8,11-12,16-17H2,1-4H3. The molecule has 3 amide bonds. The van der Waals surface area contributed by atoms with Crippen molar-refractivity contribution in [3.63, 3.8) is 0 Å². The second kappa shape index (κ2) is 8.26. The summed E-state index contributed by atoms with van der Waals surface area (Å²) in [6.45, 7) is 10.2. The molecule has 3 aliphatic heterocycles. The third kappa shape index (κ3) is 3.42. The van der Waals surface area contributed by atoms with Crippen molar-refractivity contribution in [3.05, 3.63) is 70.3 Å². The van der Waals surface area contributed by atoms with E-state index in [0.717, 1.165) is 42.6 Å². The Morgan fingerprint density at radius 1 is 0.941 bits per heavy atom. The molecule has 2 aromatic rings. The van der Waals surface area contributed by atoms with Gasteiger partial charge in [-0.15, -0.1) is 0 Å². The fourth-order valence-corrected chi connectivity index (χ4v) is 6.31. The topological polar surface area (TPSA) is 60.9 Å². The number of hydrogen-bond acceptors (Lipinski definition) is 3. The van der Waals surface area contributed by atoms with Crippen LogP contribution in [0.2, 0.25) is 0 Å². The number of benzene rings is 2. The first kappa shape index (κ1) is 22.6. The van der Waals surface area contributed by atoms with E-state index in [1.807, 2.05) is 73.9 Å². The van der Waals surface area contributed by atoms with Crippen LogP contribution in [0.3, 0.4) is 0 Å². The molecule has 6 heteroatoms. The molecule has 3 aliphatic rings. The number of hydrogen-bond donors (Lipinski definition) is 0. The Balaban J connectivity index is 1.56. The van der Waals surface area contributed by atoms with Crippen LogP contribution in [0.5, 0.6) is 0 Å². The van der Waals surface area contributed by atoms with E-state index >= 15 is 0 Å². The molecular formula is C28H33N3O3. The van der Waals surface area contributed by atoms with Gasteiger partial charge in [0.15, 0.2) is 0 Å². The molecule has 0 aromatic heterocycles. The van der Waals surface area contributed by atoms with Gasteiger partial charge in [0.05, 0.1) is 11.5 Å². The van der Waals surface area contributed by atoms with Gasteiger partial charge in [-0.2, -0.15) is 0 Å². The van der Waals surface area contributed by atoms with E-state index < -0.39 is 11.5 Å². The molecule has 5 rings (SSSR count). The Morgan fingerprint density at radius 2 is 1.56 bits per heavy atom. The normalized spacial score (nSPS) is 21.1. The lowest BCUT2D eigenvalue weighted by atomic mass is 9.67. The van der Waals surface area contributed by atoms with Crippen molar-refractivity contribution < 1.29 is 14.4 Å². The SMILES string of the molecule is Cc1cc(C)cc(C(=O)N2CC3(C2)C(C(=O)N2CCCC2)c2ccccc2C(=O)N3C(C)C)c1. The van der Waals surface area contributed by atoms with Crippen LogP contribution < -0.4 is 0 Å². The number of carbonyl (C=O) groups excluding carboxylic acids is 3. The summed E-state index contributed by atoms with van der Waals surface area (Å²) in [6, 6.07) is 13.3. The highest BCUT2D eigenvalue weighted by Gasteiger charge is 2.62. The van der Waals surface area contributed by atoms with Gasteiger partial charge in [-0.25, -0.2) is 0 Å². The lowest BCUT2D eigenvalue weighted by molar-refractivity contribution is -0.141. The number of rotatable bonds is 3. The largest absolute Gasteiger partial charge is 0.342 e. The zero-order chi connectivity index (χ0) is 24.2. The van der Waals surface area contributed by atoms with E-state index in [-0.39, 0.29) is 23.8 Å². The molecule has 2 aromatic carbocycles. The van der Waals surface area contributed by atoms with Gasteiger partial charge in [0.1, 0.15) is 0 Å². The van der Waals surface area contributed by atoms with Crippen molar-refractivity contribution in [1.82, 2.24) is 14.7 Å². The van der Waals surface area contributed by atoms with Crippen molar-refractivity contribution in [2.75, 3.05) is 26.2 Å². The third-order valence-corrected chi connectivity index (χ3v) is 7.60. The average molecular weight is 460 g/mol. The quantitative estimate of drug-likeness (QED) is 0.702. The van der Waals surface area contributed by atoms with Crippen molar-refractivity contribution in [1.29, 1.82) is 0 Å². The van der Waals surface area contributed by atoms with Crippen LogP contribution in [0.1, 0.15) is 70.0 Å². The van der Waals surface area contributed by atoms with Crippen LogP contribution in [0.25, 0.3) is 0 Å². The zero-order valence-electron chi connectivity index (χ0n) is 20.5. The van der Waals surface area contributed by atoms with Crippen molar-refractivity contribution in [3.8, 4) is 0 Å². The summed E-state index contributed by atoms with van der Waals surface area (Å²) in [7, 11) is 0. The molecular weight excluding hydrogens is 426 g/mol. The Labute approximate surface area is 201 Å². The molecule has 0 radical (unpaired) electrons. The fourth-order valence-electron chi connectivity index (χ4n) is 6.31. The Hall–Kier alpha value is -3.15. The van der Waals surface area contributed by atoms with Crippen LogP contribution in [-0.2, 0) is 4.79 Å². The number of carbonyl (C=O) groups is 3. The van der Waals surface area contributed by atoms with E-state index in [2.05, 4.69) is 6.07 Å². The van der Waals surface area contributed by atoms with Gasteiger partial charge < -0.3 is 14.7 Å². The van der Waals surface area contributed by atoms with Gasteiger partial charge in [0.25, 0.3) is 11.8 Å². The molecule has 1 spiro atoms. The maximum Gasteiger partial charge on any atom is 0.255 e. The van der Waals surface area contributed by atoms with Gasteiger partial charge in [-0.05, 0) is 64.3 Å². The Bertz CT molecular complexity index is 1140. The minimum Gasteiger partial charge on any atom is -0.342 e. The molecule has 0 N–H and O–H groups in total. The van der Waals surface area contributed by atoms with E-state index in [1.54, 1.807) is 4.90 Å². The maximum atomic E-state index is 14.0. The Kier molecular flexibility index (Phi) is 5.50. The Morgan fingerprint density at radius 3 is 2.18 bits per heavy atom. The maximum absolute atomic E-state index is 14.0. The van der Waals surface area contributed by atoms with Crippen molar-refractivity contribution in [2.45, 2.75) is 58.0 Å². The number of fused-ring (bicyclic) bond motifs is 1. The molecule has 0 saturated carbocycles. The summed E-state index contributed by atoms with van der Waals surface area (Å²) in [6.07, 6.45) is 2.02. The van der Waals surface area contributed by atoms with Crippen LogP contribution in [0, 0.1) is 13.8 Å². The first-order valence-electron chi connectivity index (χ1n) is 12.3. The highest BCUT2D eigenvalue weighted by molar-refractivity contribution is 6.03. The third-order valence-electron chi connectivity index (χ3n) is 7.60. The first-order valence-corrected chi connectivity index (χ1v) is 12.3. The summed E-state index contributed by atoms with van der Waals surface area (Å²) in [4.78, 5) is 46.7. The lowest BCUT2D eigenvalue weighted by Gasteiger charge is -2.62. The number of nitrogens with zero attached hydrogens (tertiary/aromatic N) is 3. The smallest absolute Gasteiger partial charge is 0.255 e. The lowest BCUT2D eigenvalue weighted by Crippen LogP contribution is -2.78. The van der Waals surface area contributed by atoms with Gasteiger partial charge in [0.2, 0.25) is 5.91 Å². The summed E-state index contributed by atoms with van der Waals surface area (Å²) in [5.74, 6) is -0.471. The molecule has 2 saturated heterocycles. The number of likely N-dealkylation sites (tertiary alicyclic amines) is 2.